The first-order chi connectivity index (χ1) is 21.8. The standard InChI is InChI=1S/C33H48N6O6/c1-4-27(34-19-40)22-11-9-13-24(17-22)37-31(43)38(25-14-10-12-23(18-25)28(5-2)35-20-41)33(45)39(32(37)44)30-16-8-7-15-26(30)29(6-3)36-21-42/h22-30H,4-18H2,1-3H3. The Hall–Kier alpha value is -3.45. The highest BCUT2D eigenvalue weighted by Crippen LogP contribution is 2.39. The average molecular weight is 625 g/mol. The van der Waals surface area contributed by atoms with Crippen LogP contribution in [-0.4, -0.2) is 50.1 Å². The first-order valence-corrected chi connectivity index (χ1v) is 17.0. The Balaban J connectivity index is 1.90. The molecule has 0 N–H and O–H groups in total. The molecule has 1 aromatic heterocycles. The molecule has 12 heteroatoms. The van der Waals surface area contributed by atoms with Gasteiger partial charge in [0, 0.05) is 24.0 Å². The summed E-state index contributed by atoms with van der Waals surface area (Å²) in [7, 11) is 0. The fraction of sp³-hybridized carbons (Fsp3) is 0.818. The van der Waals surface area contributed by atoms with Gasteiger partial charge in [-0.1, -0.05) is 46.5 Å². The number of nitrogens with zero attached hydrogens (tertiary/aromatic N) is 6. The molecule has 0 bridgehead atoms. The Kier molecular flexibility index (Phi) is 12.4. The molecule has 9 unspecified atom stereocenters. The Bertz CT molecular complexity index is 1410. The van der Waals surface area contributed by atoms with Gasteiger partial charge in [0.2, 0.25) is 18.2 Å². The predicted molar refractivity (Wildman–Crippen MR) is 169 cm³/mol. The highest BCUT2D eigenvalue weighted by molar-refractivity contribution is 5.34. The zero-order valence-corrected chi connectivity index (χ0v) is 26.9. The van der Waals surface area contributed by atoms with E-state index in [1.165, 1.54) is 13.7 Å². The molecule has 3 saturated carbocycles. The molecule has 1 aromatic rings. The molecule has 45 heavy (non-hydrogen) atoms. The quantitative estimate of drug-likeness (QED) is 0.242. The maximum atomic E-state index is 14.5. The molecule has 4 rings (SSSR count). The van der Waals surface area contributed by atoms with E-state index in [9.17, 15) is 28.8 Å². The van der Waals surface area contributed by atoms with E-state index in [0.29, 0.717) is 57.8 Å². The van der Waals surface area contributed by atoms with E-state index in [1.807, 2.05) is 20.8 Å². The highest BCUT2D eigenvalue weighted by atomic mass is 16.2. The second kappa shape index (κ2) is 16.2. The van der Waals surface area contributed by atoms with Crippen LogP contribution in [0.2, 0.25) is 0 Å². The van der Waals surface area contributed by atoms with Crippen molar-refractivity contribution in [3.05, 3.63) is 31.5 Å². The summed E-state index contributed by atoms with van der Waals surface area (Å²) in [6, 6.07) is -2.28. The van der Waals surface area contributed by atoms with E-state index in [1.54, 1.807) is 18.2 Å². The first kappa shape index (κ1) is 34.4. The third-order valence-corrected chi connectivity index (χ3v) is 10.9. The largest absolute Gasteiger partial charge is 0.336 e. The van der Waals surface area contributed by atoms with Gasteiger partial charge in [0.1, 0.15) is 0 Å². The monoisotopic (exact) mass is 624 g/mol. The Morgan fingerprint density at radius 3 is 1.44 bits per heavy atom. The molecule has 1 heterocycles. The molecule has 0 amide bonds. The second-order valence-corrected chi connectivity index (χ2v) is 13.2. The lowest BCUT2D eigenvalue weighted by atomic mass is 9.78. The summed E-state index contributed by atoms with van der Waals surface area (Å²) in [5, 5.41) is 0. The van der Waals surface area contributed by atoms with E-state index in [2.05, 4.69) is 15.0 Å². The molecule has 0 spiro atoms. The average Bonchev–Trinajstić information content (AvgIpc) is 3.05. The van der Waals surface area contributed by atoms with Gasteiger partial charge >= 0.3 is 17.1 Å². The van der Waals surface area contributed by atoms with Crippen LogP contribution in [0, 0.1) is 17.8 Å². The molecule has 0 aromatic carbocycles. The van der Waals surface area contributed by atoms with E-state index in [0.717, 1.165) is 38.5 Å². The van der Waals surface area contributed by atoms with Crippen molar-refractivity contribution in [2.45, 2.75) is 153 Å². The molecule has 9 atom stereocenters. The van der Waals surface area contributed by atoms with Crippen LogP contribution in [0.1, 0.15) is 135 Å². The van der Waals surface area contributed by atoms with Crippen molar-refractivity contribution < 1.29 is 14.4 Å². The SMILES string of the molecule is CCC(N=C=O)C1CCCC(n2c(=O)n(C3CCCC(C(CC)N=C=O)C3)c(=O)n(C3CCCCC3C(CC)N=C=O)c2=O)C1. The number of hydrogen-bond donors (Lipinski definition) is 0. The van der Waals surface area contributed by atoms with Gasteiger partial charge in [-0.15, -0.1) is 0 Å². The van der Waals surface area contributed by atoms with E-state index >= 15 is 0 Å². The lowest BCUT2D eigenvalue weighted by Crippen LogP contribution is -2.59. The number of hydrogen-bond acceptors (Lipinski definition) is 9. The molecule has 3 aliphatic rings. The van der Waals surface area contributed by atoms with Gasteiger partial charge in [0.15, 0.2) is 0 Å². The summed E-state index contributed by atoms with van der Waals surface area (Å²) in [4.78, 5) is 89.2. The van der Waals surface area contributed by atoms with Crippen molar-refractivity contribution in [3.63, 3.8) is 0 Å². The topological polar surface area (TPSA) is 154 Å². The summed E-state index contributed by atoms with van der Waals surface area (Å²) in [6.45, 7) is 5.85. The molecular weight excluding hydrogens is 576 g/mol. The van der Waals surface area contributed by atoms with Crippen LogP contribution in [0.15, 0.2) is 29.4 Å². The van der Waals surface area contributed by atoms with Crippen molar-refractivity contribution in [1.82, 2.24) is 13.7 Å². The molecule has 3 fully saturated rings. The minimum absolute atomic E-state index is 0.00901. The van der Waals surface area contributed by atoms with Gasteiger partial charge in [0.05, 0.1) is 18.1 Å². The third-order valence-electron chi connectivity index (χ3n) is 10.9. The zero-order chi connectivity index (χ0) is 32.5. The molecule has 0 radical (unpaired) electrons. The Morgan fingerprint density at radius 1 is 0.578 bits per heavy atom. The highest BCUT2D eigenvalue weighted by Gasteiger charge is 2.39. The minimum atomic E-state index is -0.606. The smallest absolute Gasteiger partial charge is 0.247 e. The van der Waals surface area contributed by atoms with Crippen LogP contribution in [0.5, 0.6) is 0 Å². The summed E-state index contributed by atoms with van der Waals surface area (Å²) in [6.07, 6.45) is 15.3. The van der Waals surface area contributed by atoms with Crippen LogP contribution in [0.4, 0.5) is 0 Å². The number of carbonyl (C=O) groups excluding carboxylic acids is 3. The van der Waals surface area contributed by atoms with Crippen LogP contribution >= 0.6 is 0 Å². The number of aromatic nitrogens is 3. The van der Waals surface area contributed by atoms with Gasteiger partial charge in [-0.3, -0.25) is 0 Å². The molecular formula is C33H48N6O6. The van der Waals surface area contributed by atoms with Crippen molar-refractivity contribution in [2.24, 2.45) is 32.7 Å². The number of isocyanates is 3. The number of rotatable bonds is 12. The minimum Gasteiger partial charge on any atom is -0.247 e. The molecule has 0 saturated heterocycles. The molecule has 3 aliphatic carbocycles. The predicted octanol–water partition coefficient (Wildman–Crippen LogP) is 4.71. The fourth-order valence-corrected chi connectivity index (χ4v) is 8.73. The maximum absolute atomic E-state index is 14.5. The van der Waals surface area contributed by atoms with Crippen molar-refractivity contribution in [2.75, 3.05) is 0 Å². The van der Waals surface area contributed by atoms with Crippen molar-refractivity contribution >= 4 is 18.2 Å². The van der Waals surface area contributed by atoms with Crippen LogP contribution < -0.4 is 17.1 Å². The second-order valence-electron chi connectivity index (χ2n) is 13.2. The summed E-state index contributed by atoms with van der Waals surface area (Å²) in [5.41, 5.74) is -1.81. The lowest BCUT2D eigenvalue weighted by molar-refractivity contribution is 0.160. The normalized spacial score (nSPS) is 28.9. The van der Waals surface area contributed by atoms with Gasteiger partial charge in [0.25, 0.3) is 0 Å². The van der Waals surface area contributed by atoms with Gasteiger partial charge in [-0.05, 0) is 82.5 Å². The Labute approximate surface area is 263 Å². The van der Waals surface area contributed by atoms with E-state index < -0.39 is 35.2 Å². The van der Waals surface area contributed by atoms with Gasteiger partial charge in [-0.2, -0.15) is 0 Å². The van der Waals surface area contributed by atoms with Gasteiger partial charge < -0.3 is 0 Å². The molecule has 12 nitrogen and oxygen atoms in total. The van der Waals surface area contributed by atoms with Crippen molar-refractivity contribution in [1.29, 1.82) is 0 Å². The Morgan fingerprint density at radius 2 is 1.00 bits per heavy atom. The van der Waals surface area contributed by atoms with Crippen molar-refractivity contribution in [3.8, 4) is 0 Å². The third kappa shape index (κ3) is 7.35. The number of aliphatic imine (C=N–C) groups is 3. The molecule has 0 aliphatic heterocycles. The summed E-state index contributed by atoms with van der Waals surface area (Å²) in [5.74, 6) is -0.199. The zero-order valence-electron chi connectivity index (χ0n) is 26.9. The van der Waals surface area contributed by atoms with Crippen LogP contribution in [-0.2, 0) is 14.4 Å². The summed E-state index contributed by atoms with van der Waals surface area (Å²) >= 11 is 0. The maximum Gasteiger partial charge on any atom is 0.336 e. The lowest BCUT2D eigenvalue weighted by Gasteiger charge is -2.38. The van der Waals surface area contributed by atoms with Crippen LogP contribution in [0.3, 0.4) is 0 Å². The van der Waals surface area contributed by atoms with Gasteiger partial charge in [-0.25, -0.2) is 57.4 Å². The van der Waals surface area contributed by atoms with Crippen LogP contribution in [0.25, 0.3) is 0 Å². The fourth-order valence-electron chi connectivity index (χ4n) is 8.73. The van der Waals surface area contributed by atoms with E-state index in [4.69, 9.17) is 0 Å². The summed E-state index contributed by atoms with van der Waals surface area (Å²) < 4.78 is 3.93. The first-order valence-electron chi connectivity index (χ1n) is 17.0. The van der Waals surface area contributed by atoms with E-state index in [-0.39, 0.29) is 35.9 Å². The molecule has 246 valence electrons.